The van der Waals surface area contributed by atoms with Crippen LogP contribution in [0.1, 0.15) is 27.4 Å². The van der Waals surface area contributed by atoms with Gasteiger partial charge in [-0.3, -0.25) is 9.78 Å². The van der Waals surface area contributed by atoms with Gasteiger partial charge in [0.1, 0.15) is 5.69 Å². The first-order chi connectivity index (χ1) is 13.1. The van der Waals surface area contributed by atoms with Crippen LogP contribution in [0.3, 0.4) is 0 Å². The molecule has 7 nitrogen and oxygen atoms in total. The molecule has 0 radical (unpaired) electrons. The third-order valence-electron chi connectivity index (χ3n) is 4.64. The van der Waals surface area contributed by atoms with E-state index >= 15 is 0 Å². The molecule has 1 aliphatic rings. The zero-order valence-corrected chi connectivity index (χ0v) is 15.5. The zero-order valence-electron chi connectivity index (χ0n) is 15.5. The first-order valence-corrected chi connectivity index (χ1v) is 8.99. The number of hydrogen-bond acceptors (Lipinski definition) is 5. The van der Waals surface area contributed by atoms with Crippen molar-refractivity contribution in [2.24, 2.45) is 0 Å². The van der Waals surface area contributed by atoms with Gasteiger partial charge < -0.3 is 9.80 Å². The molecule has 138 valence electrons. The Balaban J connectivity index is 1.50. The Morgan fingerprint density at radius 3 is 2.67 bits per heavy atom. The summed E-state index contributed by atoms with van der Waals surface area (Å²) in [5.41, 5.74) is 4.48. The molecular weight excluding hydrogens is 340 g/mol. The van der Waals surface area contributed by atoms with Crippen LogP contribution in [-0.2, 0) is 19.5 Å². The van der Waals surface area contributed by atoms with Crippen molar-refractivity contribution in [2.45, 2.75) is 19.5 Å². The fraction of sp³-hybridized carbons (Fsp3) is 0.300. The zero-order chi connectivity index (χ0) is 18.8. The average molecular weight is 362 g/mol. The highest BCUT2D eigenvalue weighted by Crippen LogP contribution is 2.21. The number of para-hydroxylation sites is 1. The molecule has 2 aromatic heterocycles. The van der Waals surface area contributed by atoms with E-state index in [4.69, 9.17) is 0 Å². The molecule has 1 amide bonds. The lowest BCUT2D eigenvalue weighted by molar-refractivity contribution is 0.0731. The lowest BCUT2D eigenvalue weighted by atomic mass is 10.1. The number of aromatic nitrogens is 4. The van der Waals surface area contributed by atoms with Crippen molar-refractivity contribution in [1.29, 1.82) is 0 Å². The fourth-order valence-corrected chi connectivity index (χ4v) is 3.31. The van der Waals surface area contributed by atoms with E-state index in [9.17, 15) is 4.79 Å². The number of nitrogens with zero attached hydrogens (tertiary/aromatic N) is 6. The summed E-state index contributed by atoms with van der Waals surface area (Å²) in [4.78, 5) is 21.1. The van der Waals surface area contributed by atoms with Crippen LogP contribution in [0.5, 0.6) is 0 Å². The van der Waals surface area contributed by atoms with Crippen LogP contribution in [-0.4, -0.2) is 56.3 Å². The summed E-state index contributed by atoms with van der Waals surface area (Å²) in [6.45, 7) is 1.87. The van der Waals surface area contributed by atoms with Crippen LogP contribution in [0.15, 0.2) is 48.7 Å². The highest BCUT2D eigenvalue weighted by Gasteiger charge is 2.26. The molecule has 0 spiro atoms. The number of rotatable bonds is 4. The molecule has 27 heavy (non-hydrogen) atoms. The normalized spacial score (nSPS) is 13.7. The van der Waals surface area contributed by atoms with Crippen LogP contribution in [0.2, 0.25) is 0 Å². The van der Waals surface area contributed by atoms with Gasteiger partial charge in [-0.15, -0.1) is 5.10 Å². The summed E-state index contributed by atoms with van der Waals surface area (Å²) in [7, 11) is 3.99. The number of carbonyl (C=O) groups excluding carboxylic acids is 1. The first kappa shape index (κ1) is 17.4. The smallest absolute Gasteiger partial charge is 0.255 e. The van der Waals surface area contributed by atoms with Crippen LogP contribution in [0.4, 0.5) is 0 Å². The summed E-state index contributed by atoms with van der Waals surface area (Å²) in [6.07, 6.45) is 2.40. The molecule has 0 unspecified atom stereocenters. The second-order valence-corrected chi connectivity index (χ2v) is 6.98. The Bertz CT molecular complexity index is 933. The van der Waals surface area contributed by atoms with Gasteiger partial charge in [-0.25, -0.2) is 4.68 Å². The number of pyridine rings is 1. The predicted molar refractivity (Wildman–Crippen MR) is 101 cm³/mol. The number of amides is 1. The number of benzene rings is 1. The van der Waals surface area contributed by atoms with Gasteiger partial charge in [-0.2, -0.15) is 0 Å². The molecule has 0 atom stereocenters. The topological polar surface area (TPSA) is 67.2 Å². The highest BCUT2D eigenvalue weighted by atomic mass is 16.2. The summed E-state index contributed by atoms with van der Waals surface area (Å²) in [5.74, 6) is -0.0150. The molecular formula is C20H22N6O. The van der Waals surface area contributed by atoms with Crippen molar-refractivity contribution in [3.05, 3.63) is 71.3 Å². The van der Waals surface area contributed by atoms with Crippen LogP contribution >= 0.6 is 0 Å². The molecule has 4 rings (SSSR count). The number of hydrogen-bond donors (Lipinski definition) is 0. The maximum absolute atomic E-state index is 12.8. The standard InChI is InChI=1S/C20H22N6O/c1-24(2)13-16-9-8-15(12-21-16)20(27)25-11-10-19-18(14-25)22-23-26(19)17-6-4-3-5-7-17/h3-9,12H,10-11,13-14H2,1-2H3. The maximum atomic E-state index is 12.8. The second-order valence-electron chi connectivity index (χ2n) is 6.98. The summed E-state index contributed by atoms with van der Waals surface area (Å²) < 4.78 is 1.87. The van der Waals surface area contributed by atoms with Gasteiger partial charge in [0.15, 0.2) is 0 Å². The molecule has 0 saturated heterocycles. The van der Waals surface area contributed by atoms with E-state index in [1.807, 2.05) is 71.0 Å². The van der Waals surface area contributed by atoms with Crippen LogP contribution in [0.25, 0.3) is 5.69 Å². The molecule has 0 fully saturated rings. The molecule has 7 heteroatoms. The van der Waals surface area contributed by atoms with E-state index in [1.165, 1.54) is 0 Å². The largest absolute Gasteiger partial charge is 0.332 e. The Hall–Kier alpha value is -3.06. The lowest BCUT2D eigenvalue weighted by Gasteiger charge is -2.26. The molecule has 0 N–H and O–H groups in total. The number of carbonyl (C=O) groups is 1. The predicted octanol–water partition coefficient (Wildman–Crippen LogP) is 1.92. The minimum Gasteiger partial charge on any atom is -0.332 e. The van der Waals surface area contributed by atoms with E-state index in [0.29, 0.717) is 18.7 Å². The van der Waals surface area contributed by atoms with Gasteiger partial charge in [0, 0.05) is 25.7 Å². The van der Waals surface area contributed by atoms with E-state index < -0.39 is 0 Å². The van der Waals surface area contributed by atoms with Gasteiger partial charge in [-0.1, -0.05) is 23.4 Å². The van der Waals surface area contributed by atoms with Gasteiger partial charge in [0.25, 0.3) is 5.91 Å². The van der Waals surface area contributed by atoms with Crippen molar-refractivity contribution in [2.75, 3.05) is 20.6 Å². The van der Waals surface area contributed by atoms with Gasteiger partial charge in [0.05, 0.1) is 29.2 Å². The van der Waals surface area contributed by atoms with E-state index in [-0.39, 0.29) is 5.91 Å². The van der Waals surface area contributed by atoms with E-state index in [2.05, 4.69) is 15.3 Å². The summed E-state index contributed by atoms with van der Waals surface area (Å²) in [6, 6.07) is 13.7. The summed E-state index contributed by atoms with van der Waals surface area (Å²) >= 11 is 0. The third kappa shape index (κ3) is 3.59. The quantitative estimate of drug-likeness (QED) is 0.709. The van der Waals surface area contributed by atoms with Crippen molar-refractivity contribution in [3.63, 3.8) is 0 Å². The molecule has 0 saturated carbocycles. The highest BCUT2D eigenvalue weighted by molar-refractivity contribution is 5.94. The Kier molecular flexibility index (Phi) is 4.68. The third-order valence-corrected chi connectivity index (χ3v) is 4.64. The fourth-order valence-electron chi connectivity index (χ4n) is 3.31. The van der Waals surface area contributed by atoms with Crippen molar-refractivity contribution in [3.8, 4) is 5.69 Å². The Morgan fingerprint density at radius 1 is 1.15 bits per heavy atom. The molecule has 3 heterocycles. The van der Waals surface area contributed by atoms with E-state index in [0.717, 1.165) is 35.7 Å². The average Bonchev–Trinajstić information content (AvgIpc) is 3.11. The molecule has 0 bridgehead atoms. The van der Waals surface area contributed by atoms with Crippen molar-refractivity contribution in [1.82, 2.24) is 29.8 Å². The van der Waals surface area contributed by atoms with Crippen LogP contribution in [0, 0.1) is 0 Å². The van der Waals surface area contributed by atoms with Gasteiger partial charge in [0.2, 0.25) is 0 Å². The molecule has 1 aliphatic heterocycles. The molecule has 3 aromatic rings. The maximum Gasteiger partial charge on any atom is 0.255 e. The summed E-state index contributed by atoms with van der Waals surface area (Å²) in [5, 5.41) is 8.59. The first-order valence-electron chi connectivity index (χ1n) is 8.99. The number of fused-ring (bicyclic) bond motifs is 1. The minimum atomic E-state index is -0.0150. The molecule has 1 aromatic carbocycles. The second kappa shape index (κ2) is 7.28. The van der Waals surface area contributed by atoms with Crippen molar-refractivity contribution >= 4 is 5.91 Å². The lowest BCUT2D eigenvalue weighted by Crippen LogP contribution is -2.36. The Labute approximate surface area is 158 Å². The molecule has 0 aliphatic carbocycles. The SMILES string of the molecule is CN(C)Cc1ccc(C(=O)N2CCc3c(nnn3-c3ccccc3)C2)cn1. The Morgan fingerprint density at radius 2 is 1.96 bits per heavy atom. The van der Waals surface area contributed by atoms with Crippen molar-refractivity contribution < 1.29 is 4.79 Å². The monoisotopic (exact) mass is 362 g/mol. The van der Waals surface area contributed by atoms with E-state index in [1.54, 1.807) is 6.20 Å². The van der Waals surface area contributed by atoms with Crippen LogP contribution < -0.4 is 0 Å². The van der Waals surface area contributed by atoms with Gasteiger partial charge in [-0.05, 0) is 38.4 Å². The van der Waals surface area contributed by atoms with Gasteiger partial charge >= 0.3 is 0 Å². The minimum absolute atomic E-state index is 0.0150.